The van der Waals surface area contributed by atoms with Crippen molar-refractivity contribution in [3.63, 3.8) is 0 Å². The Morgan fingerprint density at radius 3 is 2.86 bits per heavy atom. The molecule has 3 aromatic rings. The number of furan rings is 1. The molecule has 0 bridgehead atoms. The SMILES string of the molecule is Cc1cccc(NC(=O)c2ccc(Cn3cccn3)o2)c1C. The van der Waals surface area contributed by atoms with E-state index in [0.29, 0.717) is 18.1 Å². The highest BCUT2D eigenvalue weighted by Crippen LogP contribution is 2.19. The van der Waals surface area contributed by atoms with Gasteiger partial charge >= 0.3 is 0 Å². The average Bonchev–Trinajstić information content (AvgIpc) is 3.16. The summed E-state index contributed by atoms with van der Waals surface area (Å²) in [6.07, 6.45) is 3.55. The summed E-state index contributed by atoms with van der Waals surface area (Å²) < 4.78 is 7.33. The first-order valence-electron chi connectivity index (χ1n) is 7.07. The molecule has 0 aliphatic heterocycles. The van der Waals surface area contributed by atoms with Crippen LogP contribution in [0.2, 0.25) is 0 Å². The Hall–Kier alpha value is -2.82. The van der Waals surface area contributed by atoms with Gasteiger partial charge in [-0.25, -0.2) is 0 Å². The van der Waals surface area contributed by atoms with Gasteiger partial charge in [-0.15, -0.1) is 0 Å². The Balaban J connectivity index is 1.73. The summed E-state index contributed by atoms with van der Waals surface area (Å²) in [4.78, 5) is 12.3. The van der Waals surface area contributed by atoms with Crippen LogP contribution in [0.1, 0.15) is 27.4 Å². The second-order valence-corrected chi connectivity index (χ2v) is 5.17. The summed E-state index contributed by atoms with van der Waals surface area (Å²) in [5, 5.41) is 7.00. The van der Waals surface area contributed by atoms with Crippen LogP contribution in [0, 0.1) is 13.8 Å². The fraction of sp³-hybridized carbons (Fsp3) is 0.176. The molecule has 0 saturated heterocycles. The van der Waals surface area contributed by atoms with Gasteiger partial charge in [0.1, 0.15) is 5.76 Å². The molecule has 22 heavy (non-hydrogen) atoms. The van der Waals surface area contributed by atoms with E-state index < -0.39 is 0 Å². The van der Waals surface area contributed by atoms with Crippen molar-refractivity contribution in [2.45, 2.75) is 20.4 Å². The molecule has 0 spiro atoms. The van der Waals surface area contributed by atoms with Crippen molar-refractivity contribution in [3.05, 3.63) is 71.4 Å². The third-order valence-electron chi connectivity index (χ3n) is 3.62. The van der Waals surface area contributed by atoms with Gasteiger partial charge in [-0.1, -0.05) is 12.1 Å². The third-order valence-corrected chi connectivity index (χ3v) is 3.62. The van der Waals surface area contributed by atoms with Crippen molar-refractivity contribution in [3.8, 4) is 0 Å². The van der Waals surface area contributed by atoms with Crippen LogP contribution in [0.15, 0.2) is 53.2 Å². The predicted octanol–water partition coefficient (Wildman–Crippen LogP) is 3.39. The first kappa shape index (κ1) is 14.1. The van der Waals surface area contributed by atoms with E-state index in [1.165, 1.54) is 0 Å². The number of nitrogens with zero attached hydrogens (tertiary/aromatic N) is 2. The fourth-order valence-electron chi connectivity index (χ4n) is 2.21. The number of anilines is 1. The van der Waals surface area contributed by atoms with E-state index in [4.69, 9.17) is 4.42 Å². The van der Waals surface area contributed by atoms with Crippen LogP contribution >= 0.6 is 0 Å². The Bertz CT molecular complexity index is 788. The van der Waals surface area contributed by atoms with Gasteiger partial charge in [-0.2, -0.15) is 5.10 Å². The van der Waals surface area contributed by atoms with Crippen LogP contribution < -0.4 is 5.32 Å². The number of nitrogens with one attached hydrogen (secondary N) is 1. The van der Waals surface area contributed by atoms with Crippen molar-refractivity contribution in [1.29, 1.82) is 0 Å². The molecular weight excluding hydrogens is 278 g/mol. The Morgan fingerprint density at radius 2 is 2.09 bits per heavy atom. The second-order valence-electron chi connectivity index (χ2n) is 5.17. The number of hydrogen-bond donors (Lipinski definition) is 1. The molecule has 0 aliphatic carbocycles. The zero-order chi connectivity index (χ0) is 15.5. The minimum absolute atomic E-state index is 0.250. The van der Waals surface area contributed by atoms with Crippen LogP contribution in [-0.2, 0) is 6.54 Å². The number of rotatable bonds is 4. The highest BCUT2D eigenvalue weighted by Gasteiger charge is 2.13. The maximum atomic E-state index is 12.3. The summed E-state index contributed by atoms with van der Waals surface area (Å²) in [6.45, 7) is 4.50. The van der Waals surface area contributed by atoms with E-state index in [1.54, 1.807) is 23.0 Å². The summed E-state index contributed by atoms with van der Waals surface area (Å²) in [5.74, 6) is 0.735. The molecule has 0 radical (unpaired) electrons. The number of aromatic nitrogens is 2. The van der Waals surface area contributed by atoms with E-state index in [-0.39, 0.29) is 5.91 Å². The molecule has 2 aromatic heterocycles. The number of benzene rings is 1. The number of aryl methyl sites for hydroxylation is 1. The number of carbonyl (C=O) groups excluding carboxylic acids is 1. The smallest absolute Gasteiger partial charge is 0.291 e. The number of hydrogen-bond acceptors (Lipinski definition) is 3. The molecule has 1 amide bonds. The molecule has 1 N–H and O–H groups in total. The van der Waals surface area contributed by atoms with Crippen molar-refractivity contribution in [2.24, 2.45) is 0 Å². The van der Waals surface area contributed by atoms with Crippen LogP contribution in [0.4, 0.5) is 5.69 Å². The normalized spacial score (nSPS) is 10.6. The molecule has 5 heteroatoms. The molecule has 2 heterocycles. The lowest BCUT2D eigenvalue weighted by Crippen LogP contribution is -2.12. The molecule has 0 atom stereocenters. The zero-order valence-electron chi connectivity index (χ0n) is 12.5. The molecule has 1 aromatic carbocycles. The highest BCUT2D eigenvalue weighted by molar-refractivity contribution is 6.02. The second kappa shape index (κ2) is 5.89. The molecule has 3 rings (SSSR count). The van der Waals surface area contributed by atoms with Gasteiger partial charge < -0.3 is 9.73 Å². The summed E-state index contributed by atoms with van der Waals surface area (Å²) in [5.41, 5.74) is 2.99. The molecule has 112 valence electrons. The van der Waals surface area contributed by atoms with Crippen LogP contribution in [-0.4, -0.2) is 15.7 Å². The first-order chi connectivity index (χ1) is 10.6. The number of carbonyl (C=O) groups is 1. The van der Waals surface area contributed by atoms with Gasteiger partial charge in [0.15, 0.2) is 5.76 Å². The van der Waals surface area contributed by atoms with Gasteiger partial charge in [0.05, 0.1) is 6.54 Å². The van der Waals surface area contributed by atoms with Gasteiger partial charge in [0.2, 0.25) is 0 Å². The molecule has 0 fully saturated rings. The minimum atomic E-state index is -0.250. The molecule has 0 aliphatic rings. The standard InChI is InChI=1S/C17H17N3O2/c1-12-5-3-6-15(13(12)2)19-17(21)16-8-7-14(22-16)11-20-10-4-9-18-20/h3-10H,11H2,1-2H3,(H,19,21). The molecular formula is C17H17N3O2. The van der Waals surface area contributed by atoms with Crippen LogP contribution in [0.3, 0.4) is 0 Å². The van der Waals surface area contributed by atoms with E-state index >= 15 is 0 Å². The maximum absolute atomic E-state index is 12.3. The highest BCUT2D eigenvalue weighted by atomic mass is 16.4. The Morgan fingerprint density at radius 1 is 1.23 bits per heavy atom. The molecule has 0 saturated carbocycles. The predicted molar refractivity (Wildman–Crippen MR) is 83.9 cm³/mol. The van der Waals surface area contributed by atoms with Crippen LogP contribution in [0.25, 0.3) is 0 Å². The minimum Gasteiger partial charge on any atom is -0.454 e. The first-order valence-corrected chi connectivity index (χ1v) is 7.07. The van der Waals surface area contributed by atoms with Crippen LogP contribution in [0.5, 0.6) is 0 Å². The van der Waals surface area contributed by atoms with Crippen molar-refractivity contribution < 1.29 is 9.21 Å². The summed E-state index contributed by atoms with van der Waals surface area (Å²) in [6, 6.07) is 11.1. The van der Waals surface area contributed by atoms with Crippen molar-refractivity contribution in [1.82, 2.24) is 9.78 Å². The van der Waals surface area contributed by atoms with Gasteiger partial charge in [-0.05, 0) is 49.2 Å². The summed E-state index contributed by atoms with van der Waals surface area (Å²) in [7, 11) is 0. The van der Waals surface area contributed by atoms with E-state index in [0.717, 1.165) is 16.8 Å². The van der Waals surface area contributed by atoms with Gasteiger partial charge in [-0.3, -0.25) is 9.48 Å². The molecule has 0 unspecified atom stereocenters. The zero-order valence-corrected chi connectivity index (χ0v) is 12.5. The fourth-order valence-corrected chi connectivity index (χ4v) is 2.21. The van der Waals surface area contributed by atoms with Crippen molar-refractivity contribution >= 4 is 11.6 Å². The summed E-state index contributed by atoms with van der Waals surface area (Å²) >= 11 is 0. The van der Waals surface area contributed by atoms with Crippen molar-refractivity contribution in [2.75, 3.05) is 5.32 Å². The molecule has 5 nitrogen and oxygen atoms in total. The lowest BCUT2D eigenvalue weighted by Gasteiger charge is -2.09. The topological polar surface area (TPSA) is 60.1 Å². The lowest BCUT2D eigenvalue weighted by molar-refractivity contribution is 0.0994. The maximum Gasteiger partial charge on any atom is 0.291 e. The third kappa shape index (κ3) is 2.93. The quantitative estimate of drug-likeness (QED) is 0.802. The Labute approximate surface area is 128 Å². The van der Waals surface area contributed by atoms with Gasteiger partial charge in [0, 0.05) is 18.1 Å². The monoisotopic (exact) mass is 295 g/mol. The van der Waals surface area contributed by atoms with E-state index in [2.05, 4.69) is 10.4 Å². The van der Waals surface area contributed by atoms with E-state index in [1.807, 2.05) is 44.3 Å². The number of amides is 1. The van der Waals surface area contributed by atoms with E-state index in [9.17, 15) is 4.79 Å². The average molecular weight is 295 g/mol. The lowest BCUT2D eigenvalue weighted by atomic mass is 10.1. The Kier molecular flexibility index (Phi) is 3.78. The van der Waals surface area contributed by atoms with Gasteiger partial charge in [0.25, 0.3) is 5.91 Å². The largest absolute Gasteiger partial charge is 0.454 e.